The van der Waals surface area contributed by atoms with E-state index in [2.05, 4.69) is 29.6 Å². The zero-order valence-electron chi connectivity index (χ0n) is 11.8. The summed E-state index contributed by atoms with van der Waals surface area (Å²) >= 11 is 0. The highest BCUT2D eigenvalue weighted by atomic mass is 16.6. The Bertz CT molecular complexity index is 484. The second-order valence-corrected chi connectivity index (χ2v) is 5.76. The zero-order chi connectivity index (χ0) is 14.7. The van der Waals surface area contributed by atoms with Gasteiger partial charge in [-0.2, -0.15) is 0 Å². The monoisotopic (exact) mass is 279 g/mol. The molecule has 1 aromatic rings. The van der Waals surface area contributed by atoms with Crippen LogP contribution in [0.25, 0.3) is 0 Å². The van der Waals surface area contributed by atoms with Gasteiger partial charge in [-0.25, -0.2) is 10.8 Å². The van der Waals surface area contributed by atoms with Crippen LogP contribution < -0.4 is 16.6 Å². The molecular formula is C13H21N5O2. The Morgan fingerprint density at radius 3 is 2.40 bits per heavy atom. The maximum absolute atomic E-state index is 10.9. The van der Waals surface area contributed by atoms with Crippen molar-refractivity contribution in [2.75, 3.05) is 10.7 Å². The Hall–Kier alpha value is -1.89. The van der Waals surface area contributed by atoms with Crippen LogP contribution in [-0.4, -0.2) is 15.9 Å². The molecule has 2 atom stereocenters. The standard InChI is InChI=1S/C13H21N5O2/c1-8-3-9(2)5-10(4-8)15-12-6-11(18(19)20)7-13(16-12)17-14/h6-10H,3-5,14H2,1-2H3,(H2,15,16,17). The molecule has 2 unspecified atom stereocenters. The topological polar surface area (TPSA) is 106 Å². The van der Waals surface area contributed by atoms with Crippen LogP contribution in [0.2, 0.25) is 0 Å². The van der Waals surface area contributed by atoms with Crippen molar-refractivity contribution in [1.29, 1.82) is 0 Å². The number of aromatic nitrogens is 1. The Morgan fingerprint density at radius 1 is 1.25 bits per heavy atom. The van der Waals surface area contributed by atoms with Crippen LogP contribution in [-0.2, 0) is 0 Å². The molecule has 0 spiro atoms. The number of hydrogen-bond donors (Lipinski definition) is 3. The predicted octanol–water partition coefficient (Wildman–Crippen LogP) is 2.51. The van der Waals surface area contributed by atoms with Crippen molar-refractivity contribution in [3.8, 4) is 0 Å². The molecule has 2 rings (SSSR count). The predicted molar refractivity (Wildman–Crippen MR) is 78.3 cm³/mol. The van der Waals surface area contributed by atoms with Crippen LogP contribution in [0.1, 0.15) is 33.1 Å². The average molecular weight is 279 g/mol. The van der Waals surface area contributed by atoms with E-state index in [1.54, 1.807) is 0 Å². The average Bonchev–Trinajstić information content (AvgIpc) is 2.36. The Kier molecular flexibility index (Phi) is 4.39. The number of pyridine rings is 1. The normalized spacial score (nSPS) is 26.1. The van der Waals surface area contributed by atoms with Gasteiger partial charge in [-0.15, -0.1) is 0 Å². The summed E-state index contributed by atoms with van der Waals surface area (Å²) < 4.78 is 0. The highest BCUT2D eigenvalue weighted by molar-refractivity contribution is 5.54. The first-order valence-corrected chi connectivity index (χ1v) is 6.87. The summed E-state index contributed by atoms with van der Waals surface area (Å²) in [6.07, 6.45) is 3.34. The van der Waals surface area contributed by atoms with Gasteiger partial charge < -0.3 is 10.7 Å². The van der Waals surface area contributed by atoms with Gasteiger partial charge in [0.05, 0.1) is 17.1 Å². The number of nitrogens with one attached hydrogen (secondary N) is 2. The Labute approximate surface area is 118 Å². The molecule has 0 amide bonds. The molecule has 0 aliphatic heterocycles. The number of nitrogen functional groups attached to an aromatic ring is 1. The second-order valence-electron chi connectivity index (χ2n) is 5.76. The largest absolute Gasteiger partial charge is 0.367 e. The molecule has 7 heteroatoms. The molecular weight excluding hydrogens is 258 g/mol. The minimum Gasteiger partial charge on any atom is -0.367 e. The molecule has 1 fully saturated rings. The third kappa shape index (κ3) is 3.57. The third-order valence-electron chi connectivity index (χ3n) is 3.70. The summed E-state index contributed by atoms with van der Waals surface area (Å²) in [6.45, 7) is 4.47. The van der Waals surface area contributed by atoms with Gasteiger partial charge in [0.1, 0.15) is 11.6 Å². The zero-order valence-corrected chi connectivity index (χ0v) is 11.8. The molecule has 0 bridgehead atoms. The van der Waals surface area contributed by atoms with Gasteiger partial charge in [0.15, 0.2) is 0 Å². The van der Waals surface area contributed by atoms with Gasteiger partial charge in [0, 0.05) is 6.04 Å². The van der Waals surface area contributed by atoms with Crippen molar-refractivity contribution in [3.05, 3.63) is 22.2 Å². The highest BCUT2D eigenvalue weighted by Crippen LogP contribution is 2.31. The van der Waals surface area contributed by atoms with Crippen molar-refractivity contribution in [1.82, 2.24) is 4.98 Å². The van der Waals surface area contributed by atoms with Gasteiger partial charge in [-0.05, 0) is 31.1 Å². The number of rotatable bonds is 4. The van der Waals surface area contributed by atoms with Crippen molar-refractivity contribution in [2.24, 2.45) is 17.7 Å². The molecule has 0 saturated heterocycles. The molecule has 1 heterocycles. The van der Waals surface area contributed by atoms with Crippen LogP contribution in [0.5, 0.6) is 0 Å². The van der Waals surface area contributed by atoms with Crippen LogP contribution in [0.4, 0.5) is 17.3 Å². The summed E-state index contributed by atoms with van der Waals surface area (Å²) in [5.74, 6) is 7.40. The van der Waals surface area contributed by atoms with Crippen molar-refractivity contribution in [3.63, 3.8) is 0 Å². The Morgan fingerprint density at radius 2 is 1.85 bits per heavy atom. The van der Waals surface area contributed by atoms with Gasteiger partial charge in [0.25, 0.3) is 5.69 Å². The number of nitro groups is 1. The van der Waals surface area contributed by atoms with Crippen LogP contribution >= 0.6 is 0 Å². The minimum absolute atomic E-state index is 0.0210. The van der Waals surface area contributed by atoms with E-state index in [1.807, 2.05) is 0 Å². The van der Waals surface area contributed by atoms with Gasteiger partial charge in [-0.3, -0.25) is 10.1 Å². The lowest BCUT2D eigenvalue weighted by molar-refractivity contribution is -0.384. The lowest BCUT2D eigenvalue weighted by atomic mass is 9.80. The Balaban J connectivity index is 2.15. The van der Waals surface area contributed by atoms with E-state index in [0.29, 0.717) is 29.5 Å². The van der Waals surface area contributed by atoms with Crippen LogP contribution in [0, 0.1) is 22.0 Å². The number of anilines is 2. The van der Waals surface area contributed by atoms with E-state index in [0.717, 1.165) is 12.8 Å². The molecule has 0 aromatic carbocycles. The van der Waals surface area contributed by atoms with E-state index in [9.17, 15) is 10.1 Å². The molecule has 110 valence electrons. The lowest BCUT2D eigenvalue weighted by Crippen LogP contribution is -2.30. The molecule has 1 aliphatic carbocycles. The minimum atomic E-state index is -0.445. The maximum Gasteiger partial charge on any atom is 0.276 e. The van der Waals surface area contributed by atoms with E-state index in [-0.39, 0.29) is 5.69 Å². The van der Waals surface area contributed by atoms with Crippen LogP contribution in [0.3, 0.4) is 0 Å². The van der Waals surface area contributed by atoms with E-state index in [4.69, 9.17) is 5.84 Å². The number of hydrazine groups is 1. The first-order valence-electron chi connectivity index (χ1n) is 6.87. The fourth-order valence-corrected chi connectivity index (χ4v) is 3.04. The number of nitrogens with zero attached hydrogens (tertiary/aromatic N) is 2. The maximum atomic E-state index is 10.9. The summed E-state index contributed by atoms with van der Waals surface area (Å²) in [5, 5.41) is 14.2. The van der Waals surface area contributed by atoms with Crippen molar-refractivity contribution < 1.29 is 4.92 Å². The summed E-state index contributed by atoms with van der Waals surface area (Å²) in [4.78, 5) is 14.7. The van der Waals surface area contributed by atoms with Crippen LogP contribution in [0.15, 0.2) is 12.1 Å². The third-order valence-corrected chi connectivity index (χ3v) is 3.70. The lowest BCUT2D eigenvalue weighted by Gasteiger charge is -2.32. The smallest absolute Gasteiger partial charge is 0.276 e. The van der Waals surface area contributed by atoms with Crippen molar-refractivity contribution >= 4 is 17.3 Å². The highest BCUT2D eigenvalue weighted by Gasteiger charge is 2.24. The molecule has 1 aliphatic rings. The fourth-order valence-electron chi connectivity index (χ4n) is 3.04. The van der Waals surface area contributed by atoms with E-state index >= 15 is 0 Å². The van der Waals surface area contributed by atoms with Gasteiger partial charge >= 0.3 is 0 Å². The molecule has 1 aromatic heterocycles. The van der Waals surface area contributed by atoms with Gasteiger partial charge in [-0.1, -0.05) is 13.8 Å². The number of nitrogens with two attached hydrogens (primary N) is 1. The summed E-state index contributed by atoms with van der Waals surface area (Å²) in [7, 11) is 0. The molecule has 1 saturated carbocycles. The first kappa shape index (κ1) is 14.5. The van der Waals surface area contributed by atoms with Gasteiger partial charge in [0.2, 0.25) is 0 Å². The first-order chi connectivity index (χ1) is 9.47. The summed E-state index contributed by atoms with van der Waals surface area (Å²) in [6, 6.07) is 3.07. The molecule has 7 nitrogen and oxygen atoms in total. The van der Waals surface area contributed by atoms with E-state index in [1.165, 1.54) is 18.6 Å². The summed E-state index contributed by atoms with van der Waals surface area (Å²) in [5.41, 5.74) is 2.34. The molecule has 0 radical (unpaired) electrons. The quantitative estimate of drug-likeness (QED) is 0.444. The van der Waals surface area contributed by atoms with Crippen molar-refractivity contribution in [2.45, 2.75) is 39.2 Å². The molecule has 20 heavy (non-hydrogen) atoms. The SMILES string of the molecule is CC1CC(C)CC(Nc2cc([N+](=O)[O-])cc(NN)n2)C1. The molecule has 4 N–H and O–H groups in total. The number of hydrogen-bond acceptors (Lipinski definition) is 6. The fraction of sp³-hybridized carbons (Fsp3) is 0.615. The second kappa shape index (κ2) is 6.04. The van der Waals surface area contributed by atoms with E-state index < -0.39 is 4.92 Å².